The highest BCUT2D eigenvalue weighted by molar-refractivity contribution is 5.53. The van der Waals surface area contributed by atoms with Gasteiger partial charge in [-0.2, -0.15) is 5.10 Å². The molecule has 6 heteroatoms. The Morgan fingerprint density at radius 1 is 1.44 bits per heavy atom. The Kier molecular flexibility index (Phi) is 3.38. The van der Waals surface area contributed by atoms with E-state index in [1.807, 2.05) is 26.1 Å². The molecule has 0 aliphatic rings. The van der Waals surface area contributed by atoms with Crippen molar-refractivity contribution in [2.75, 3.05) is 7.05 Å². The van der Waals surface area contributed by atoms with Crippen LogP contribution in [0.15, 0.2) is 30.5 Å². The average Bonchev–Trinajstić information content (AvgIpc) is 2.78. The number of nitro groups is 1. The minimum Gasteiger partial charge on any atom is -0.314 e. The number of aryl methyl sites for hydroxylation is 1. The lowest BCUT2D eigenvalue weighted by Gasteiger charge is -2.03. The summed E-state index contributed by atoms with van der Waals surface area (Å²) in [6.45, 7) is 2.46. The molecular formula is C12H14N4O2. The third-order valence-corrected chi connectivity index (χ3v) is 2.58. The largest absolute Gasteiger partial charge is 0.314 e. The molecule has 18 heavy (non-hydrogen) atoms. The fraction of sp³-hybridized carbons (Fsp3) is 0.250. The van der Waals surface area contributed by atoms with Gasteiger partial charge < -0.3 is 5.32 Å². The molecule has 0 aliphatic carbocycles. The van der Waals surface area contributed by atoms with Gasteiger partial charge in [0.05, 0.1) is 10.6 Å². The van der Waals surface area contributed by atoms with E-state index in [9.17, 15) is 10.1 Å². The van der Waals surface area contributed by atoms with E-state index in [-0.39, 0.29) is 10.6 Å². The van der Waals surface area contributed by atoms with Gasteiger partial charge in [-0.15, -0.1) is 0 Å². The zero-order chi connectivity index (χ0) is 13.1. The molecule has 0 bridgehead atoms. The van der Waals surface area contributed by atoms with Gasteiger partial charge in [0, 0.05) is 18.8 Å². The number of hydrogen-bond acceptors (Lipinski definition) is 4. The Labute approximate surface area is 104 Å². The molecule has 2 aromatic rings. The van der Waals surface area contributed by atoms with Gasteiger partial charge >= 0.3 is 0 Å². The van der Waals surface area contributed by atoms with Crippen molar-refractivity contribution in [3.05, 3.63) is 51.8 Å². The number of nitrogens with one attached hydrogen (secondary N) is 1. The van der Waals surface area contributed by atoms with Crippen LogP contribution in [0.4, 0.5) is 5.69 Å². The first-order valence-corrected chi connectivity index (χ1v) is 5.56. The topological polar surface area (TPSA) is 73.0 Å². The Morgan fingerprint density at radius 3 is 2.89 bits per heavy atom. The van der Waals surface area contributed by atoms with E-state index in [0.717, 1.165) is 11.3 Å². The summed E-state index contributed by atoms with van der Waals surface area (Å²) in [6.07, 6.45) is 1.73. The first-order chi connectivity index (χ1) is 8.61. The molecule has 1 aromatic carbocycles. The second-order valence-electron chi connectivity index (χ2n) is 4.03. The standard InChI is InChI=1S/C12H14N4O2/c1-9-3-4-11(12(7-9)16(17)18)15-6-5-10(14-15)8-13-2/h3-7,13H,8H2,1-2H3. The minimum atomic E-state index is -0.387. The predicted molar refractivity (Wildman–Crippen MR) is 67.7 cm³/mol. The van der Waals surface area contributed by atoms with Crippen molar-refractivity contribution >= 4 is 5.69 Å². The van der Waals surface area contributed by atoms with E-state index >= 15 is 0 Å². The summed E-state index contributed by atoms with van der Waals surface area (Å²) in [4.78, 5) is 10.6. The van der Waals surface area contributed by atoms with Crippen molar-refractivity contribution in [1.29, 1.82) is 0 Å². The summed E-state index contributed by atoms with van der Waals surface area (Å²) in [5.41, 5.74) is 2.24. The van der Waals surface area contributed by atoms with Gasteiger partial charge in [-0.1, -0.05) is 6.07 Å². The second-order valence-corrected chi connectivity index (χ2v) is 4.03. The van der Waals surface area contributed by atoms with Gasteiger partial charge in [0.25, 0.3) is 5.69 Å². The number of rotatable bonds is 4. The summed E-state index contributed by atoms with van der Waals surface area (Å²) >= 11 is 0. The highest BCUT2D eigenvalue weighted by atomic mass is 16.6. The van der Waals surface area contributed by atoms with Crippen LogP contribution in [0.1, 0.15) is 11.3 Å². The Morgan fingerprint density at radius 2 is 2.22 bits per heavy atom. The predicted octanol–water partition coefficient (Wildman–Crippen LogP) is 1.81. The minimum absolute atomic E-state index is 0.0640. The first-order valence-electron chi connectivity index (χ1n) is 5.56. The van der Waals surface area contributed by atoms with E-state index in [2.05, 4.69) is 10.4 Å². The van der Waals surface area contributed by atoms with Gasteiger partial charge in [0.1, 0.15) is 5.69 Å². The molecule has 0 amide bonds. The van der Waals surface area contributed by atoms with Crippen molar-refractivity contribution in [1.82, 2.24) is 15.1 Å². The van der Waals surface area contributed by atoms with E-state index < -0.39 is 0 Å². The molecule has 0 unspecified atom stereocenters. The van der Waals surface area contributed by atoms with Crippen molar-refractivity contribution in [3.63, 3.8) is 0 Å². The Balaban J connectivity index is 2.45. The zero-order valence-corrected chi connectivity index (χ0v) is 10.3. The van der Waals surface area contributed by atoms with Gasteiger partial charge in [-0.05, 0) is 31.7 Å². The van der Waals surface area contributed by atoms with Crippen LogP contribution in [0.25, 0.3) is 5.69 Å². The van der Waals surface area contributed by atoms with Gasteiger partial charge in [-0.3, -0.25) is 10.1 Å². The number of hydrogen-bond donors (Lipinski definition) is 1. The van der Waals surface area contributed by atoms with Crippen LogP contribution in [0.3, 0.4) is 0 Å². The Bertz CT molecular complexity index is 577. The number of benzene rings is 1. The second kappa shape index (κ2) is 4.97. The quantitative estimate of drug-likeness (QED) is 0.659. The monoisotopic (exact) mass is 246 g/mol. The molecular weight excluding hydrogens is 232 g/mol. The van der Waals surface area contributed by atoms with Crippen LogP contribution in [-0.4, -0.2) is 21.8 Å². The first kappa shape index (κ1) is 12.3. The van der Waals surface area contributed by atoms with Crippen LogP contribution < -0.4 is 5.32 Å². The molecule has 1 N–H and O–H groups in total. The average molecular weight is 246 g/mol. The maximum absolute atomic E-state index is 11.0. The van der Waals surface area contributed by atoms with Crippen molar-refractivity contribution in [2.45, 2.75) is 13.5 Å². The van der Waals surface area contributed by atoms with E-state index in [4.69, 9.17) is 0 Å². The van der Waals surface area contributed by atoms with Gasteiger partial charge in [-0.25, -0.2) is 4.68 Å². The van der Waals surface area contributed by atoms with Crippen LogP contribution in [-0.2, 0) is 6.54 Å². The third-order valence-electron chi connectivity index (χ3n) is 2.58. The molecule has 0 atom stereocenters. The van der Waals surface area contributed by atoms with Gasteiger partial charge in [0.2, 0.25) is 0 Å². The van der Waals surface area contributed by atoms with Crippen molar-refractivity contribution in [3.8, 4) is 5.69 Å². The molecule has 0 saturated carbocycles. The molecule has 1 heterocycles. The lowest BCUT2D eigenvalue weighted by Crippen LogP contribution is -2.07. The lowest BCUT2D eigenvalue weighted by molar-refractivity contribution is -0.384. The maximum atomic E-state index is 11.0. The molecule has 0 spiro atoms. The van der Waals surface area contributed by atoms with Crippen LogP contribution in [0, 0.1) is 17.0 Å². The normalized spacial score (nSPS) is 10.6. The number of nitro benzene ring substituents is 1. The van der Waals surface area contributed by atoms with Crippen LogP contribution in [0.5, 0.6) is 0 Å². The summed E-state index contributed by atoms with van der Waals surface area (Å²) in [5.74, 6) is 0. The molecule has 0 fully saturated rings. The van der Waals surface area contributed by atoms with Crippen LogP contribution >= 0.6 is 0 Å². The molecule has 6 nitrogen and oxygen atoms in total. The fourth-order valence-corrected chi connectivity index (χ4v) is 1.74. The Hall–Kier alpha value is -2.21. The van der Waals surface area contributed by atoms with E-state index in [1.54, 1.807) is 18.3 Å². The van der Waals surface area contributed by atoms with Crippen molar-refractivity contribution < 1.29 is 4.92 Å². The highest BCUT2D eigenvalue weighted by Crippen LogP contribution is 2.23. The molecule has 1 aromatic heterocycles. The number of aromatic nitrogens is 2. The highest BCUT2D eigenvalue weighted by Gasteiger charge is 2.16. The van der Waals surface area contributed by atoms with Crippen molar-refractivity contribution in [2.24, 2.45) is 0 Å². The summed E-state index contributed by atoms with van der Waals surface area (Å²) in [6, 6.07) is 6.93. The summed E-state index contributed by atoms with van der Waals surface area (Å²) in [5, 5.41) is 18.3. The fourth-order valence-electron chi connectivity index (χ4n) is 1.74. The third kappa shape index (κ3) is 2.38. The number of nitrogens with zero attached hydrogens (tertiary/aromatic N) is 3. The van der Waals surface area contributed by atoms with E-state index in [1.165, 1.54) is 4.68 Å². The molecule has 2 rings (SSSR count). The summed E-state index contributed by atoms with van der Waals surface area (Å²) in [7, 11) is 1.83. The summed E-state index contributed by atoms with van der Waals surface area (Å²) < 4.78 is 1.53. The SMILES string of the molecule is CNCc1ccn(-c2ccc(C)cc2[N+](=O)[O-])n1. The lowest BCUT2D eigenvalue weighted by atomic mass is 10.2. The maximum Gasteiger partial charge on any atom is 0.295 e. The van der Waals surface area contributed by atoms with Gasteiger partial charge in [0.15, 0.2) is 0 Å². The van der Waals surface area contributed by atoms with Crippen LogP contribution in [0.2, 0.25) is 0 Å². The molecule has 94 valence electrons. The molecule has 0 radical (unpaired) electrons. The zero-order valence-electron chi connectivity index (χ0n) is 10.3. The smallest absolute Gasteiger partial charge is 0.295 e. The van der Waals surface area contributed by atoms with E-state index in [0.29, 0.717) is 12.2 Å². The molecule has 0 aliphatic heterocycles. The molecule has 0 saturated heterocycles.